The molecule has 4 nitrogen and oxygen atoms in total. The van der Waals surface area contributed by atoms with Gasteiger partial charge in [-0.3, -0.25) is 14.6 Å². The van der Waals surface area contributed by atoms with Crippen LogP contribution >= 0.6 is 0 Å². The molecule has 0 spiro atoms. The van der Waals surface area contributed by atoms with Gasteiger partial charge in [-0.05, 0) is 38.0 Å². The first-order valence-corrected chi connectivity index (χ1v) is 8.12. The van der Waals surface area contributed by atoms with E-state index in [0.717, 1.165) is 32.2 Å². The Morgan fingerprint density at radius 2 is 1.75 bits per heavy atom. The lowest BCUT2D eigenvalue weighted by Crippen LogP contribution is -2.52. The van der Waals surface area contributed by atoms with Gasteiger partial charge in [-0.15, -0.1) is 0 Å². The first-order valence-electron chi connectivity index (χ1n) is 8.12. The zero-order valence-corrected chi connectivity index (χ0v) is 13.4. The Labute approximate surface area is 123 Å². The highest BCUT2D eigenvalue weighted by atomic mass is 16.5. The van der Waals surface area contributed by atoms with Crippen molar-refractivity contribution in [1.29, 1.82) is 0 Å². The van der Waals surface area contributed by atoms with Gasteiger partial charge in [0.2, 0.25) is 0 Å². The molecule has 2 aliphatic rings. The number of carbonyl (C=O) groups excluding carboxylic acids is 1. The SMILES string of the molecule is CCOC(=O)CN1CCN(C2CCC(C)(C)CC2)CC1. The molecule has 0 radical (unpaired) electrons. The normalized spacial score (nSPS) is 25.6. The average Bonchev–Trinajstić information content (AvgIpc) is 2.40. The second-order valence-electron chi connectivity index (χ2n) is 7.01. The molecule has 1 saturated carbocycles. The van der Waals surface area contributed by atoms with Crippen LogP contribution in [0, 0.1) is 5.41 Å². The van der Waals surface area contributed by atoms with Crippen LogP contribution in [-0.4, -0.2) is 61.1 Å². The predicted octanol–water partition coefficient (Wildman–Crippen LogP) is 2.14. The molecule has 1 heterocycles. The van der Waals surface area contributed by atoms with Gasteiger partial charge in [0.1, 0.15) is 0 Å². The molecule has 0 aromatic rings. The molecule has 0 N–H and O–H groups in total. The molecule has 4 heteroatoms. The van der Waals surface area contributed by atoms with Crippen LogP contribution in [0.2, 0.25) is 0 Å². The third-order valence-corrected chi connectivity index (χ3v) is 4.89. The highest BCUT2D eigenvalue weighted by molar-refractivity contribution is 5.71. The summed E-state index contributed by atoms with van der Waals surface area (Å²) in [7, 11) is 0. The number of nitrogens with zero attached hydrogens (tertiary/aromatic N) is 2. The summed E-state index contributed by atoms with van der Waals surface area (Å²) in [4.78, 5) is 16.3. The second-order valence-corrected chi connectivity index (χ2v) is 7.01. The molecule has 1 saturated heterocycles. The topological polar surface area (TPSA) is 32.8 Å². The van der Waals surface area contributed by atoms with E-state index in [-0.39, 0.29) is 5.97 Å². The zero-order chi connectivity index (χ0) is 14.6. The molecule has 0 unspecified atom stereocenters. The van der Waals surface area contributed by atoms with Crippen molar-refractivity contribution in [2.75, 3.05) is 39.3 Å². The lowest BCUT2D eigenvalue weighted by molar-refractivity contribution is -0.145. The summed E-state index contributed by atoms with van der Waals surface area (Å²) in [6.45, 7) is 11.8. The minimum atomic E-state index is -0.0830. The average molecular weight is 282 g/mol. The van der Waals surface area contributed by atoms with E-state index in [1.165, 1.54) is 25.7 Å². The van der Waals surface area contributed by atoms with Crippen LogP contribution < -0.4 is 0 Å². The summed E-state index contributed by atoms with van der Waals surface area (Å²) in [5, 5.41) is 0. The third-order valence-electron chi connectivity index (χ3n) is 4.89. The van der Waals surface area contributed by atoms with Crippen LogP contribution in [0.5, 0.6) is 0 Å². The number of esters is 1. The van der Waals surface area contributed by atoms with Gasteiger partial charge in [-0.2, -0.15) is 0 Å². The van der Waals surface area contributed by atoms with Crippen molar-refractivity contribution in [3.05, 3.63) is 0 Å². The number of piperazine rings is 1. The van der Waals surface area contributed by atoms with Crippen LogP contribution in [0.25, 0.3) is 0 Å². The first kappa shape index (κ1) is 15.8. The molecule has 2 fully saturated rings. The molecule has 0 amide bonds. The molecule has 0 bridgehead atoms. The summed E-state index contributed by atoms with van der Waals surface area (Å²) in [6, 6.07) is 0.771. The van der Waals surface area contributed by atoms with E-state index in [1.807, 2.05) is 6.92 Å². The molecule has 0 atom stereocenters. The van der Waals surface area contributed by atoms with E-state index in [1.54, 1.807) is 0 Å². The number of ether oxygens (including phenoxy) is 1. The van der Waals surface area contributed by atoms with Gasteiger partial charge >= 0.3 is 5.97 Å². The lowest BCUT2D eigenvalue weighted by Gasteiger charge is -2.43. The van der Waals surface area contributed by atoms with E-state index in [4.69, 9.17) is 4.74 Å². The van der Waals surface area contributed by atoms with Gasteiger partial charge < -0.3 is 4.74 Å². The molecule has 20 heavy (non-hydrogen) atoms. The van der Waals surface area contributed by atoms with Crippen LogP contribution in [0.1, 0.15) is 46.5 Å². The summed E-state index contributed by atoms with van der Waals surface area (Å²) < 4.78 is 5.02. The van der Waals surface area contributed by atoms with Gasteiger partial charge in [-0.25, -0.2) is 0 Å². The maximum absolute atomic E-state index is 11.5. The Kier molecular flexibility index (Phi) is 5.44. The van der Waals surface area contributed by atoms with Gasteiger partial charge in [0.05, 0.1) is 13.2 Å². The standard InChI is InChI=1S/C16H30N2O2/c1-4-20-15(19)13-17-9-11-18(12-10-17)14-5-7-16(2,3)8-6-14/h14H,4-13H2,1-3H3. The fourth-order valence-corrected chi connectivity index (χ4v) is 3.42. The van der Waals surface area contributed by atoms with E-state index in [2.05, 4.69) is 23.6 Å². The highest BCUT2D eigenvalue weighted by Crippen LogP contribution is 2.37. The van der Waals surface area contributed by atoms with Gasteiger partial charge in [0.15, 0.2) is 0 Å². The summed E-state index contributed by atoms with van der Waals surface area (Å²) in [5.41, 5.74) is 0.544. The van der Waals surface area contributed by atoms with Crippen molar-refractivity contribution in [2.45, 2.75) is 52.5 Å². The fourth-order valence-electron chi connectivity index (χ4n) is 3.42. The van der Waals surface area contributed by atoms with Crippen LogP contribution in [0.4, 0.5) is 0 Å². The molecule has 0 aromatic heterocycles. The minimum absolute atomic E-state index is 0.0830. The zero-order valence-electron chi connectivity index (χ0n) is 13.4. The maximum Gasteiger partial charge on any atom is 0.320 e. The number of hydrogen-bond donors (Lipinski definition) is 0. The third kappa shape index (κ3) is 4.45. The van der Waals surface area contributed by atoms with Crippen molar-refractivity contribution in [1.82, 2.24) is 9.80 Å². The van der Waals surface area contributed by atoms with Crippen molar-refractivity contribution >= 4 is 5.97 Å². The number of rotatable bonds is 4. The molecule has 0 aromatic carbocycles. The fraction of sp³-hybridized carbons (Fsp3) is 0.938. The Balaban J connectivity index is 1.70. The number of hydrogen-bond acceptors (Lipinski definition) is 4. The van der Waals surface area contributed by atoms with Gasteiger partial charge in [-0.1, -0.05) is 13.8 Å². The molecular formula is C16H30N2O2. The number of carbonyl (C=O) groups is 1. The van der Waals surface area contributed by atoms with Crippen molar-refractivity contribution in [3.8, 4) is 0 Å². The predicted molar refractivity (Wildman–Crippen MR) is 80.7 cm³/mol. The quantitative estimate of drug-likeness (QED) is 0.740. The van der Waals surface area contributed by atoms with E-state index in [0.29, 0.717) is 18.6 Å². The molecule has 1 aliphatic carbocycles. The Hall–Kier alpha value is -0.610. The summed E-state index contributed by atoms with van der Waals surface area (Å²) >= 11 is 0. The van der Waals surface area contributed by atoms with Crippen LogP contribution in [0.15, 0.2) is 0 Å². The van der Waals surface area contributed by atoms with Crippen LogP contribution in [-0.2, 0) is 9.53 Å². The lowest BCUT2D eigenvalue weighted by atomic mass is 9.75. The van der Waals surface area contributed by atoms with Crippen LogP contribution in [0.3, 0.4) is 0 Å². The minimum Gasteiger partial charge on any atom is -0.465 e. The van der Waals surface area contributed by atoms with Gasteiger partial charge in [0.25, 0.3) is 0 Å². The maximum atomic E-state index is 11.5. The Bertz CT molecular complexity index is 312. The molecular weight excluding hydrogens is 252 g/mol. The van der Waals surface area contributed by atoms with Crippen molar-refractivity contribution in [2.24, 2.45) is 5.41 Å². The molecule has 2 rings (SSSR count). The Morgan fingerprint density at radius 3 is 2.30 bits per heavy atom. The highest BCUT2D eigenvalue weighted by Gasteiger charge is 2.31. The first-order chi connectivity index (χ1) is 9.50. The van der Waals surface area contributed by atoms with Crippen molar-refractivity contribution in [3.63, 3.8) is 0 Å². The molecule has 1 aliphatic heterocycles. The van der Waals surface area contributed by atoms with E-state index in [9.17, 15) is 4.79 Å². The smallest absolute Gasteiger partial charge is 0.320 e. The summed E-state index contributed by atoms with van der Waals surface area (Å²) in [5.74, 6) is -0.0830. The monoisotopic (exact) mass is 282 g/mol. The van der Waals surface area contributed by atoms with Gasteiger partial charge in [0, 0.05) is 32.2 Å². The molecule has 116 valence electrons. The summed E-state index contributed by atoms with van der Waals surface area (Å²) in [6.07, 6.45) is 5.37. The largest absolute Gasteiger partial charge is 0.465 e. The van der Waals surface area contributed by atoms with E-state index >= 15 is 0 Å². The van der Waals surface area contributed by atoms with Crippen molar-refractivity contribution < 1.29 is 9.53 Å². The Morgan fingerprint density at radius 1 is 1.15 bits per heavy atom. The second kappa shape index (κ2) is 6.90. The van der Waals surface area contributed by atoms with E-state index < -0.39 is 0 Å².